The molecule has 0 atom stereocenters. The Labute approximate surface area is 197 Å². The highest BCUT2D eigenvalue weighted by atomic mass is 35.5. The van der Waals surface area contributed by atoms with Crippen LogP contribution in [0.25, 0.3) is 10.8 Å². The lowest BCUT2D eigenvalue weighted by Gasteiger charge is -2.14. The van der Waals surface area contributed by atoms with E-state index in [0.29, 0.717) is 16.5 Å². The van der Waals surface area contributed by atoms with Crippen LogP contribution in [0.4, 0.5) is 18.9 Å². The fraction of sp³-hybridized carbons (Fsp3) is 0.0435. The van der Waals surface area contributed by atoms with Crippen LogP contribution in [0.1, 0.15) is 5.56 Å². The Morgan fingerprint density at radius 2 is 1.39 bits per heavy atom. The molecule has 4 aromatic rings. The zero-order chi connectivity index (χ0) is 23.8. The van der Waals surface area contributed by atoms with Gasteiger partial charge in [-0.1, -0.05) is 53.5 Å². The van der Waals surface area contributed by atoms with Crippen LogP contribution < -0.4 is 9.46 Å². The van der Waals surface area contributed by atoms with E-state index in [1.54, 1.807) is 48.5 Å². The molecule has 0 heterocycles. The monoisotopic (exact) mass is 511 g/mol. The van der Waals surface area contributed by atoms with E-state index in [9.17, 15) is 21.6 Å². The van der Waals surface area contributed by atoms with Crippen LogP contribution in [0.3, 0.4) is 0 Å². The summed E-state index contributed by atoms with van der Waals surface area (Å²) in [4.78, 5) is 0.0707. The van der Waals surface area contributed by atoms with Gasteiger partial charge in [-0.25, -0.2) is 8.42 Å². The second-order valence-electron chi connectivity index (χ2n) is 7.01. The first-order chi connectivity index (χ1) is 15.5. The van der Waals surface area contributed by atoms with Crippen LogP contribution in [0.15, 0.2) is 83.8 Å². The van der Waals surface area contributed by atoms with E-state index in [0.717, 1.165) is 12.1 Å². The third kappa shape index (κ3) is 5.19. The third-order valence-corrected chi connectivity index (χ3v) is 6.61. The number of alkyl halides is 3. The second kappa shape index (κ2) is 8.78. The molecule has 0 unspecified atom stereocenters. The van der Waals surface area contributed by atoms with Crippen molar-refractivity contribution in [2.75, 3.05) is 4.72 Å². The highest BCUT2D eigenvalue weighted by molar-refractivity contribution is 7.92. The number of fused-ring (bicyclic) bond motifs is 1. The predicted octanol–water partition coefficient (Wildman–Crippen LogP) is 7.76. The predicted molar refractivity (Wildman–Crippen MR) is 123 cm³/mol. The Hall–Kier alpha value is -2.94. The van der Waals surface area contributed by atoms with Gasteiger partial charge in [-0.15, -0.1) is 0 Å². The van der Waals surface area contributed by atoms with E-state index in [1.165, 1.54) is 18.2 Å². The maximum atomic E-state index is 12.9. The molecule has 4 nitrogen and oxygen atoms in total. The number of sulfonamides is 1. The topological polar surface area (TPSA) is 55.4 Å². The van der Waals surface area contributed by atoms with Crippen molar-refractivity contribution in [1.82, 2.24) is 0 Å². The van der Waals surface area contributed by atoms with Crippen LogP contribution in [-0.2, 0) is 16.2 Å². The SMILES string of the molecule is O=S(=O)(Nc1ccccc1)c1ccc2cc(Oc3c(Cl)cc(C(F)(F)F)cc3Cl)ccc2c1. The molecule has 0 fully saturated rings. The van der Waals surface area contributed by atoms with Gasteiger partial charge in [0.25, 0.3) is 10.0 Å². The molecule has 4 aromatic carbocycles. The van der Waals surface area contributed by atoms with E-state index < -0.39 is 21.8 Å². The molecule has 0 aliphatic carbocycles. The van der Waals surface area contributed by atoms with E-state index in [4.69, 9.17) is 27.9 Å². The molecule has 0 amide bonds. The summed E-state index contributed by atoms with van der Waals surface area (Å²) in [5.74, 6) is 0.154. The number of halogens is 5. The normalized spacial score (nSPS) is 12.0. The summed E-state index contributed by atoms with van der Waals surface area (Å²) < 4.78 is 72.2. The minimum Gasteiger partial charge on any atom is -0.454 e. The highest BCUT2D eigenvalue weighted by Gasteiger charge is 2.32. The molecule has 0 saturated heterocycles. The van der Waals surface area contributed by atoms with Crippen LogP contribution in [-0.4, -0.2) is 8.42 Å². The lowest BCUT2D eigenvalue weighted by atomic mass is 10.1. The Kier molecular flexibility index (Phi) is 6.18. The number of hydrogen-bond donors (Lipinski definition) is 1. The number of hydrogen-bond acceptors (Lipinski definition) is 3. The highest BCUT2D eigenvalue weighted by Crippen LogP contribution is 2.42. The van der Waals surface area contributed by atoms with Gasteiger partial charge in [0.1, 0.15) is 5.75 Å². The molecule has 0 spiro atoms. The molecule has 4 rings (SSSR count). The number of nitrogens with one attached hydrogen (secondary N) is 1. The van der Waals surface area contributed by atoms with Gasteiger partial charge in [0.2, 0.25) is 0 Å². The Morgan fingerprint density at radius 3 is 2.03 bits per heavy atom. The number of benzene rings is 4. The summed E-state index contributed by atoms with van der Waals surface area (Å²) in [6.45, 7) is 0. The Bertz CT molecular complexity index is 1420. The quantitative estimate of drug-likeness (QED) is 0.297. The van der Waals surface area contributed by atoms with Crippen LogP contribution in [0.2, 0.25) is 10.0 Å². The minimum absolute atomic E-state index is 0.0707. The first-order valence-corrected chi connectivity index (χ1v) is 11.6. The van der Waals surface area contributed by atoms with E-state index in [1.807, 2.05) is 0 Å². The number of anilines is 1. The summed E-state index contributed by atoms with van der Waals surface area (Å²) in [5.41, 5.74) is -0.548. The molecule has 0 aliphatic heterocycles. The van der Waals surface area contributed by atoms with Crippen molar-refractivity contribution in [2.45, 2.75) is 11.1 Å². The molecule has 170 valence electrons. The summed E-state index contributed by atoms with van der Waals surface area (Å²) in [6.07, 6.45) is -4.60. The summed E-state index contributed by atoms with van der Waals surface area (Å²) in [7, 11) is -3.80. The van der Waals surface area contributed by atoms with Crippen LogP contribution in [0, 0.1) is 0 Å². The lowest BCUT2D eigenvalue weighted by molar-refractivity contribution is -0.137. The molecule has 0 radical (unpaired) electrons. The van der Waals surface area contributed by atoms with Gasteiger partial charge in [-0.05, 0) is 59.3 Å². The molecule has 10 heteroatoms. The van der Waals surface area contributed by atoms with Gasteiger partial charge in [-0.2, -0.15) is 13.2 Å². The van der Waals surface area contributed by atoms with E-state index >= 15 is 0 Å². The van der Waals surface area contributed by atoms with Crippen molar-refractivity contribution >= 4 is 49.7 Å². The number of para-hydroxylation sites is 1. The molecular weight excluding hydrogens is 498 g/mol. The molecule has 1 N–H and O–H groups in total. The maximum absolute atomic E-state index is 12.9. The minimum atomic E-state index is -4.60. The zero-order valence-corrected chi connectivity index (χ0v) is 18.9. The van der Waals surface area contributed by atoms with Gasteiger partial charge < -0.3 is 4.74 Å². The van der Waals surface area contributed by atoms with Crippen molar-refractivity contribution in [3.63, 3.8) is 0 Å². The number of rotatable bonds is 5. The van der Waals surface area contributed by atoms with Crippen molar-refractivity contribution in [3.05, 3.63) is 94.5 Å². The first-order valence-electron chi connectivity index (χ1n) is 9.39. The second-order valence-corrected chi connectivity index (χ2v) is 9.51. The third-order valence-electron chi connectivity index (χ3n) is 4.66. The fourth-order valence-corrected chi connectivity index (χ4v) is 4.75. The van der Waals surface area contributed by atoms with Crippen molar-refractivity contribution in [1.29, 1.82) is 0 Å². The average molecular weight is 512 g/mol. The smallest absolute Gasteiger partial charge is 0.416 e. The van der Waals surface area contributed by atoms with Gasteiger partial charge in [0.15, 0.2) is 5.75 Å². The van der Waals surface area contributed by atoms with Crippen molar-refractivity contribution in [3.8, 4) is 11.5 Å². The molecular formula is C23H14Cl2F3NO3S. The van der Waals surface area contributed by atoms with Gasteiger partial charge in [0.05, 0.1) is 20.5 Å². The van der Waals surface area contributed by atoms with Gasteiger partial charge >= 0.3 is 6.18 Å². The molecule has 33 heavy (non-hydrogen) atoms. The molecule has 0 aliphatic rings. The van der Waals surface area contributed by atoms with Gasteiger partial charge in [0, 0.05) is 5.69 Å². The zero-order valence-electron chi connectivity index (χ0n) is 16.5. The van der Waals surface area contributed by atoms with Crippen molar-refractivity contribution in [2.24, 2.45) is 0 Å². The number of ether oxygens (including phenoxy) is 1. The molecule has 0 aromatic heterocycles. The van der Waals surface area contributed by atoms with Crippen molar-refractivity contribution < 1.29 is 26.3 Å². The Balaban J connectivity index is 1.61. The first kappa shape index (κ1) is 23.2. The van der Waals surface area contributed by atoms with Gasteiger partial charge in [-0.3, -0.25) is 4.72 Å². The van der Waals surface area contributed by atoms with E-state index in [2.05, 4.69) is 4.72 Å². The largest absolute Gasteiger partial charge is 0.454 e. The van der Waals surface area contributed by atoms with E-state index in [-0.39, 0.29) is 26.4 Å². The molecule has 0 bridgehead atoms. The summed E-state index contributed by atoms with van der Waals surface area (Å²) in [6, 6.07) is 19.3. The van der Waals surface area contributed by atoms with Crippen LogP contribution >= 0.6 is 23.2 Å². The average Bonchev–Trinajstić information content (AvgIpc) is 2.75. The standard InChI is InChI=1S/C23H14Cl2F3NO3S/c24-20-12-16(23(26,27)28)13-21(25)22(20)32-18-8-6-15-11-19(9-7-14(15)10-18)33(30,31)29-17-4-2-1-3-5-17/h1-13,29H. The molecule has 0 saturated carbocycles. The Morgan fingerprint density at radius 1 is 0.788 bits per heavy atom. The summed E-state index contributed by atoms with van der Waals surface area (Å²) >= 11 is 11.9. The summed E-state index contributed by atoms with van der Waals surface area (Å²) in [5, 5.41) is 0.680. The maximum Gasteiger partial charge on any atom is 0.416 e. The lowest BCUT2D eigenvalue weighted by Crippen LogP contribution is -2.12. The van der Waals surface area contributed by atoms with Crippen LogP contribution in [0.5, 0.6) is 11.5 Å². The fourth-order valence-electron chi connectivity index (χ4n) is 3.09.